The lowest BCUT2D eigenvalue weighted by Gasteiger charge is -2.10. The number of ether oxygens (including phenoxy) is 1. The van der Waals surface area contributed by atoms with Crippen LogP contribution in [0.25, 0.3) is 0 Å². The summed E-state index contributed by atoms with van der Waals surface area (Å²) in [6, 6.07) is 1.75. The summed E-state index contributed by atoms with van der Waals surface area (Å²) in [5.74, 6) is 2.58. The number of nitrogens with one attached hydrogen (secondary N) is 1. The van der Waals surface area contributed by atoms with E-state index in [1.807, 2.05) is 6.92 Å². The molecule has 0 spiro atoms. The number of hydrogen-bond acceptors (Lipinski definition) is 5. The number of nitrogen functional groups attached to an aromatic ring is 1. The number of aryl methyl sites for hydroxylation is 1. The molecule has 5 heteroatoms. The fraction of sp³-hybridized carbons (Fsp3) is 0.600. The zero-order valence-corrected chi connectivity index (χ0v) is 8.86. The first-order valence-corrected chi connectivity index (χ1v) is 5.17. The molecule has 1 saturated heterocycles. The molecule has 5 nitrogen and oxygen atoms in total. The zero-order valence-electron chi connectivity index (χ0n) is 8.86. The van der Waals surface area contributed by atoms with Crippen LogP contribution >= 0.6 is 0 Å². The Morgan fingerprint density at radius 1 is 1.60 bits per heavy atom. The van der Waals surface area contributed by atoms with Crippen LogP contribution in [0.15, 0.2) is 6.07 Å². The quantitative estimate of drug-likeness (QED) is 0.769. The van der Waals surface area contributed by atoms with Gasteiger partial charge in [0.25, 0.3) is 0 Å². The van der Waals surface area contributed by atoms with Crippen LogP contribution in [0.1, 0.15) is 12.2 Å². The smallest absolute Gasteiger partial charge is 0.131 e. The maximum absolute atomic E-state index is 5.63. The van der Waals surface area contributed by atoms with E-state index in [1.54, 1.807) is 6.07 Å². The Morgan fingerprint density at radius 2 is 2.47 bits per heavy atom. The van der Waals surface area contributed by atoms with Crippen LogP contribution in [0.2, 0.25) is 0 Å². The molecule has 1 fully saturated rings. The highest BCUT2D eigenvalue weighted by Gasteiger charge is 2.15. The molecule has 3 N–H and O–H groups in total. The van der Waals surface area contributed by atoms with Gasteiger partial charge in [0, 0.05) is 25.1 Å². The van der Waals surface area contributed by atoms with Gasteiger partial charge < -0.3 is 15.8 Å². The van der Waals surface area contributed by atoms with Crippen molar-refractivity contribution in [3.05, 3.63) is 11.9 Å². The molecular formula is C10H16N4O. The van der Waals surface area contributed by atoms with Gasteiger partial charge in [-0.1, -0.05) is 0 Å². The lowest BCUT2D eigenvalue weighted by atomic mass is 10.1. The molecule has 0 radical (unpaired) electrons. The van der Waals surface area contributed by atoms with Crippen molar-refractivity contribution in [1.82, 2.24) is 9.97 Å². The van der Waals surface area contributed by atoms with Crippen molar-refractivity contribution in [3.8, 4) is 0 Å². The Balaban J connectivity index is 1.92. The van der Waals surface area contributed by atoms with Crippen molar-refractivity contribution in [2.24, 2.45) is 5.92 Å². The Morgan fingerprint density at radius 3 is 3.13 bits per heavy atom. The fourth-order valence-electron chi connectivity index (χ4n) is 1.67. The van der Waals surface area contributed by atoms with Crippen LogP contribution in [0, 0.1) is 12.8 Å². The molecule has 0 saturated carbocycles. The Kier molecular flexibility index (Phi) is 3.01. The molecule has 2 heterocycles. The van der Waals surface area contributed by atoms with Crippen molar-refractivity contribution in [1.29, 1.82) is 0 Å². The first-order chi connectivity index (χ1) is 7.24. The van der Waals surface area contributed by atoms with E-state index in [1.165, 1.54) is 0 Å². The summed E-state index contributed by atoms with van der Waals surface area (Å²) in [6.45, 7) is 4.43. The SMILES string of the molecule is Cc1nc(N)cc(NCC2CCOC2)n1. The van der Waals surface area contributed by atoms with E-state index < -0.39 is 0 Å². The summed E-state index contributed by atoms with van der Waals surface area (Å²) in [6.07, 6.45) is 1.12. The number of aromatic nitrogens is 2. The minimum Gasteiger partial charge on any atom is -0.384 e. The van der Waals surface area contributed by atoms with Gasteiger partial charge in [-0.15, -0.1) is 0 Å². The van der Waals surface area contributed by atoms with Crippen molar-refractivity contribution in [3.63, 3.8) is 0 Å². The standard InChI is InChI=1S/C10H16N4O/c1-7-13-9(11)4-10(14-7)12-5-8-2-3-15-6-8/h4,8H,2-3,5-6H2,1H3,(H3,11,12,13,14). The Hall–Kier alpha value is -1.36. The average molecular weight is 208 g/mol. The summed E-state index contributed by atoms with van der Waals surface area (Å²) in [4.78, 5) is 8.27. The first kappa shape index (κ1) is 10.2. The zero-order chi connectivity index (χ0) is 10.7. The van der Waals surface area contributed by atoms with E-state index in [4.69, 9.17) is 10.5 Å². The molecule has 1 aromatic rings. The van der Waals surface area contributed by atoms with Crippen molar-refractivity contribution in [2.45, 2.75) is 13.3 Å². The molecule has 1 atom stereocenters. The fourth-order valence-corrected chi connectivity index (χ4v) is 1.67. The van der Waals surface area contributed by atoms with E-state index >= 15 is 0 Å². The van der Waals surface area contributed by atoms with Gasteiger partial charge in [0.2, 0.25) is 0 Å². The van der Waals surface area contributed by atoms with E-state index in [2.05, 4.69) is 15.3 Å². The molecule has 0 amide bonds. The molecule has 2 rings (SSSR count). The largest absolute Gasteiger partial charge is 0.384 e. The number of nitrogens with zero attached hydrogens (tertiary/aromatic N) is 2. The maximum Gasteiger partial charge on any atom is 0.131 e. The highest BCUT2D eigenvalue weighted by atomic mass is 16.5. The molecule has 15 heavy (non-hydrogen) atoms. The van der Waals surface area contributed by atoms with Crippen LogP contribution < -0.4 is 11.1 Å². The third kappa shape index (κ3) is 2.79. The number of anilines is 2. The Bertz CT molecular complexity index is 316. The predicted molar refractivity (Wildman–Crippen MR) is 58.6 cm³/mol. The van der Waals surface area contributed by atoms with E-state index in [0.717, 1.165) is 32.0 Å². The van der Waals surface area contributed by atoms with Gasteiger partial charge in [-0.25, -0.2) is 9.97 Å². The topological polar surface area (TPSA) is 73.1 Å². The van der Waals surface area contributed by atoms with E-state index in [0.29, 0.717) is 17.6 Å². The summed E-state index contributed by atoms with van der Waals surface area (Å²) in [5, 5.41) is 3.26. The second-order valence-corrected chi connectivity index (χ2v) is 3.84. The van der Waals surface area contributed by atoms with Crippen molar-refractivity contribution in [2.75, 3.05) is 30.8 Å². The van der Waals surface area contributed by atoms with Gasteiger partial charge in [0.15, 0.2) is 0 Å². The molecule has 1 aromatic heterocycles. The molecule has 1 aliphatic rings. The molecule has 0 aliphatic carbocycles. The van der Waals surface area contributed by atoms with Crippen LogP contribution in [0.4, 0.5) is 11.6 Å². The van der Waals surface area contributed by atoms with Gasteiger partial charge in [-0.05, 0) is 13.3 Å². The van der Waals surface area contributed by atoms with Gasteiger partial charge in [0.1, 0.15) is 17.5 Å². The van der Waals surface area contributed by atoms with Crippen molar-refractivity contribution >= 4 is 11.6 Å². The highest BCUT2D eigenvalue weighted by Crippen LogP contribution is 2.14. The summed E-state index contributed by atoms with van der Waals surface area (Å²) >= 11 is 0. The summed E-state index contributed by atoms with van der Waals surface area (Å²) < 4.78 is 5.30. The van der Waals surface area contributed by atoms with Crippen LogP contribution in [0.5, 0.6) is 0 Å². The van der Waals surface area contributed by atoms with Gasteiger partial charge >= 0.3 is 0 Å². The summed E-state index contributed by atoms with van der Waals surface area (Å²) in [7, 11) is 0. The predicted octanol–water partition coefficient (Wildman–Crippen LogP) is 0.816. The van der Waals surface area contributed by atoms with Gasteiger partial charge in [-0.3, -0.25) is 0 Å². The minimum atomic E-state index is 0.507. The third-order valence-electron chi connectivity index (χ3n) is 2.45. The molecule has 1 aliphatic heterocycles. The number of hydrogen-bond donors (Lipinski definition) is 2. The summed E-state index contributed by atoms with van der Waals surface area (Å²) in [5.41, 5.74) is 5.63. The molecule has 82 valence electrons. The molecule has 0 bridgehead atoms. The molecule has 0 aromatic carbocycles. The second kappa shape index (κ2) is 4.44. The Labute approximate surface area is 89.1 Å². The number of rotatable bonds is 3. The van der Waals surface area contributed by atoms with Crippen LogP contribution in [-0.4, -0.2) is 29.7 Å². The molecular weight excluding hydrogens is 192 g/mol. The monoisotopic (exact) mass is 208 g/mol. The van der Waals surface area contributed by atoms with E-state index in [9.17, 15) is 0 Å². The normalized spacial score (nSPS) is 20.5. The lowest BCUT2D eigenvalue weighted by molar-refractivity contribution is 0.187. The average Bonchev–Trinajstić information content (AvgIpc) is 2.65. The van der Waals surface area contributed by atoms with Crippen molar-refractivity contribution < 1.29 is 4.74 Å². The van der Waals surface area contributed by atoms with Crippen LogP contribution in [-0.2, 0) is 4.74 Å². The van der Waals surface area contributed by atoms with Gasteiger partial charge in [-0.2, -0.15) is 0 Å². The van der Waals surface area contributed by atoms with E-state index in [-0.39, 0.29) is 0 Å². The van der Waals surface area contributed by atoms with Gasteiger partial charge in [0.05, 0.1) is 6.61 Å². The van der Waals surface area contributed by atoms with Crippen LogP contribution in [0.3, 0.4) is 0 Å². The highest BCUT2D eigenvalue weighted by molar-refractivity contribution is 5.44. The number of nitrogens with two attached hydrogens (primary N) is 1. The lowest BCUT2D eigenvalue weighted by Crippen LogP contribution is -2.15. The third-order valence-corrected chi connectivity index (χ3v) is 2.45. The minimum absolute atomic E-state index is 0.507. The second-order valence-electron chi connectivity index (χ2n) is 3.84. The first-order valence-electron chi connectivity index (χ1n) is 5.17. The molecule has 1 unspecified atom stereocenters. The maximum atomic E-state index is 5.63.